The molecule has 1 aromatic heterocycles. The average Bonchev–Trinajstić information content (AvgIpc) is 3.14. The van der Waals surface area contributed by atoms with Crippen LogP contribution in [0, 0.1) is 5.82 Å². The van der Waals surface area contributed by atoms with Crippen LogP contribution in [-0.2, 0) is 16.6 Å². The molecule has 0 radical (unpaired) electrons. The first-order chi connectivity index (χ1) is 14.9. The maximum atomic E-state index is 13.1. The van der Waals surface area contributed by atoms with E-state index in [9.17, 15) is 12.8 Å². The molecule has 0 spiro atoms. The molecule has 0 fully saturated rings. The monoisotopic (exact) mass is 454 g/mol. The Labute approximate surface area is 185 Å². The molecule has 7 nitrogen and oxygen atoms in total. The van der Waals surface area contributed by atoms with Crippen LogP contribution < -0.4 is 9.46 Å². The van der Waals surface area contributed by atoms with Crippen molar-refractivity contribution in [2.24, 2.45) is 0 Å². The lowest BCUT2D eigenvalue weighted by Gasteiger charge is -2.15. The maximum absolute atomic E-state index is 13.1. The Balaban J connectivity index is 1.87. The van der Waals surface area contributed by atoms with Gasteiger partial charge in [0.15, 0.2) is 5.82 Å². The molecule has 0 aliphatic carbocycles. The zero-order valence-electron chi connectivity index (χ0n) is 18.8. The van der Waals surface area contributed by atoms with Gasteiger partial charge in [-0.2, -0.15) is 0 Å². The fraction of sp³-hybridized carbons (Fsp3) is 0.636. The van der Waals surface area contributed by atoms with Crippen molar-refractivity contribution < 1.29 is 17.5 Å². The minimum absolute atomic E-state index is 0.103. The summed E-state index contributed by atoms with van der Waals surface area (Å²) in [5.41, 5.74) is 0. The molecule has 1 aromatic carbocycles. The van der Waals surface area contributed by atoms with Crippen molar-refractivity contribution in [3.05, 3.63) is 35.9 Å². The Bertz CT molecular complexity index is 885. The van der Waals surface area contributed by atoms with E-state index in [-0.39, 0.29) is 17.6 Å². The number of halogens is 1. The Morgan fingerprint density at radius 2 is 1.61 bits per heavy atom. The fourth-order valence-electron chi connectivity index (χ4n) is 3.41. The summed E-state index contributed by atoms with van der Waals surface area (Å²) in [6.07, 6.45) is 8.80. The third kappa shape index (κ3) is 8.57. The van der Waals surface area contributed by atoms with E-state index < -0.39 is 16.1 Å². The second-order valence-electron chi connectivity index (χ2n) is 7.77. The highest BCUT2D eigenvalue weighted by Crippen LogP contribution is 2.23. The number of sulfonamides is 1. The highest BCUT2D eigenvalue weighted by Gasteiger charge is 2.22. The molecule has 1 atom stereocenters. The number of rotatable bonds is 15. The van der Waals surface area contributed by atoms with Crippen molar-refractivity contribution in [3.63, 3.8) is 0 Å². The molecule has 0 unspecified atom stereocenters. The minimum Gasteiger partial charge on any atom is -0.424 e. The lowest BCUT2D eigenvalue weighted by atomic mass is 10.1. The number of ether oxygens (including phenoxy) is 1. The molecule has 2 aromatic rings. The molecular formula is C22H35FN4O3S. The van der Waals surface area contributed by atoms with Crippen molar-refractivity contribution in [1.29, 1.82) is 0 Å². The summed E-state index contributed by atoms with van der Waals surface area (Å²) >= 11 is 0. The maximum Gasteiger partial charge on any atom is 0.322 e. The lowest BCUT2D eigenvalue weighted by molar-refractivity contribution is 0.407. The van der Waals surface area contributed by atoms with Crippen LogP contribution in [-0.4, -0.2) is 28.9 Å². The van der Waals surface area contributed by atoms with Gasteiger partial charge in [-0.1, -0.05) is 57.0 Å². The van der Waals surface area contributed by atoms with Gasteiger partial charge in [-0.3, -0.25) is 4.57 Å². The smallest absolute Gasteiger partial charge is 0.322 e. The number of hydrogen-bond donors (Lipinski definition) is 1. The van der Waals surface area contributed by atoms with Crippen LogP contribution in [0.25, 0.3) is 0 Å². The first-order valence-electron chi connectivity index (χ1n) is 11.2. The molecular weight excluding hydrogens is 419 g/mol. The summed E-state index contributed by atoms with van der Waals surface area (Å²) in [5, 5.41) is 8.15. The molecule has 0 saturated heterocycles. The second kappa shape index (κ2) is 12.8. The first-order valence-corrected chi connectivity index (χ1v) is 12.9. The van der Waals surface area contributed by atoms with Gasteiger partial charge in [-0.05, 0) is 44.5 Å². The Morgan fingerprint density at radius 1 is 1.00 bits per heavy atom. The molecule has 1 heterocycles. The van der Waals surface area contributed by atoms with Gasteiger partial charge in [0.25, 0.3) is 0 Å². The number of benzene rings is 1. The molecule has 1 N–H and O–H groups in total. The highest BCUT2D eigenvalue weighted by molar-refractivity contribution is 7.89. The second-order valence-corrected chi connectivity index (χ2v) is 9.65. The van der Waals surface area contributed by atoms with Gasteiger partial charge < -0.3 is 4.74 Å². The van der Waals surface area contributed by atoms with Crippen LogP contribution in [0.2, 0.25) is 0 Å². The van der Waals surface area contributed by atoms with Crippen molar-refractivity contribution >= 4 is 10.0 Å². The summed E-state index contributed by atoms with van der Waals surface area (Å²) in [7, 11) is -3.42. The van der Waals surface area contributed by atoms with Crippen LogP contribution in [0.3, 0.4) is 0 Å². The first kappa shape index (κ1) is 25.3. The number of nitrogens with one attached hydrogen (secondary N) is 1. The molecule has 0 aliphatic heterocycles. The van der Waals surface area contributed by atoms with Crippen molar-refractivity contribution in [2.45, 2.75) is 84.7 Å². The topological polar surface area (TPSA) is 86.1 Å². The predicted octanol–water partition coefficient (Wildman–Crippen LogP) is 5.35. The van der Waals surface area contributed by atoms with Crippen LogP contribution in [0.5, 0.6) is 11.8 Å². The van der Waals surface area contributed by atoms with E-state index in [0.29, 0.717) is 24.5 Å². The van der Waals surface area contributed by atoms with Crippen molar-refractivity contribution in [1.82, 2.24) is 19.5 Å². The summed E-state index contributed by atoms with van der Waals surface area (Å²) < 4.78 is 48.1. The molecule has 9 heteroatoms. The van der Waals surface area contributed by atoms with E-state index in [1.165, 1.54) is 56.4 Å². The van der Waals surface area contributed by atoms with Crippen LogP contribution in [0.1, 0.15) is 84.0 Å². The third-order valence-corrected chi connectivity index (χ3v) is 6.63. The fourth-order valence-corrected chi connectivity index (χ4v) is 4.75. The summed E-state index contributed by atoms with van der Waals surface area (Å²) in [4.78, 5) is 0. The molecule has 0 bridgehead atoms. The number of nitrogens with zero attached hydrogens (tertiary/aromatic N) is 3. The van der Waals surface area contributed by atoms with Crippen molar-refractivity contribution in [3.8, 4) is 11.8 Å². The Hall–Kier alpha value is -2.00. The SMILES string of the molecule is CCCCCCCCCCS(=O)(=O)N[C@H](C)c1nnc(Oc2ccc(F)cc2)n1CC. The Morgan fingerprint density at radius 3 is 2.23 bits per heavy atom. The Kier molecular flexibility index (Phi) is 10.4. The van der Waals surface area contributed by atoms with Crippen molar-refractivity contribution in [2.75, 3.05) is 5.75 Å². The van der Waals surface area contributed by atoms with Crippen LogP contribution in [0.15, 0.2) is 24.3 Å². The lowest BCUT2D eigenvalue weighted by Crippen LogP contribution is -2.30. The number of hydrogen-bond acceptors (Lipinski definition) is 5. The standard InChI is InChI=1S/C22H35FN4O3S/c1-4-6-7-8-9-10-11-12-17-31(28,29)26-18(3)21-24-25-22(27(21)5-2)30-20-15-13-19(23)14-16-20/h13-16,18,26H,4-12,17H2,1-3H3/t18-/m1/s1. The molecule has 31 heavy (non-hydrogen) atoms. The highest BCUT2D eigenvalue weighted by atomic mass is 32.2. The normalized spacial score (nSPS) is 12.8. The van der Waals surface area contributed by atoms with Gasteiger partial charge in [0.2, 0.25) is 10.0 Å². The summed E-state index contributed by atoms with van der Waals surface area (Å²) in [6.45, 7) is 6.33. The van der Waals surface area contributed by atoms with Gasteiger partial charge >= 0.3 is 6.01 Å². The number of unbranched alkanes of at least 4 members (excludes halogenated alkanes) is 7. The summed E-state index contributed by atoms with van der Waals surface area (Å²) in [5.74, 6) is 0.646. The average molecular weight is 455 g/mol. The molecule has 2 rings (SSSR count). The van der Waals surface area contributed by atoms with Gasteiger partial charge in [0.05, 0.1) is 11.8 Å². The largest absolute Gasteiger partial charge is 0.424 e. The third-order valence-electron chi connectivity index (χ3n) is 5.09. The van der Waals surface area contributed by atoms with Crippen LogP contribution >= 0.6 is 0 Å². The van der Waals surface area contributed by atoms with Gasteiger partial charge in [-0.15, -0.1) is 5.10 Å². The van der Waals surface area contributed by atoms with Gasteiger partial charge in [0.1, 0.15) is 11.6 Å². The van der Waals surface area contributed by atoms with E-state index in [1.54, 1.807) is 11.5 Å². The van der Waals surface area contributed by atoms with Gasteiger partial charge in [0, 0.05) is 6.54 Å². The molecule has 0 saturated carbocycles. The zero-order valence-corrected chi connectivity index (χ0v) is 19.6. The van der Waals surface area contributed by atoms with E-state index in [0.717, 1.165) is 12.8 Å². The quantitative estimate of drug-likeness (QED) is 0.367. The molecule has 0 aliphatic rings. The number of aromatic nitrogens is 3. The minimum atomic E-state index is -3.42. The van der Waals surface area contributed by atoms with Crippen LogP contribution in [0.4, 0.5) is 4.39 Å². The van der Waals surface area contributed by atoms with E-state index in [1.807, 2.05) is 6.92 Å². The van der Waals surface area contributed by atoms with E-state index >= 15 is 0 Å². The van der Waals surface area contributed by atoms with E-state index in [4.69, 9.17) is 4.74 Å². The van der Waals surface area contributed by atoms with Gasteiger partial charge in [-0.25, -0.2) is 17.5 Å². The molecule has 0 amide bonds. The summed E-state index contributed by atoms with van der Waals surface area (Å²) in [6, 6.07) is 5.28. The predicted molar refractivity (Wildman–Crippen MR) is 120 cm³/mol. The van der Waals surface area contributed by atoms with E-state index in [2.05, 4.69) is 21.8 Å². The molecule has 174 valence electrons. The zero-order chi connectivity index (χ0) is 22.7.